The Labute approximate surface area is 160 Å². The highest BCUT2D eigenvalue weighted by molar-refractivity contribution is 8.15. The smallest absolute Gasteiger partial charge is 0.258 e. The Morgan fingerprint density at radius 1 is 1.22 bits per heavy atom. The first kappa shape index (κ1) is 19.0. The van der Waals surface area contributed by atoms with E-state index < -0.39 is 11.2 Å². The summed E-state index contributed by atoms with van der Waals surface area (Å²) in [6.07, 6.45) is 5.58. The number of nitrogens with one attached hydrogen (secondary N) is 2. The highest BCUT2D eigenvalue weighted by atomic mass is 32.2. The standard InChI is InChI=1S/C18H19N5O3S/c1-2-14(16(24)22-18-21-9-15(27-18)17(25)23-26)12-5-3-11(4-6-12)13-7-19-10-20-8-13/h3-8,10,14-15,26H,2,9H2,1H3,(H,23,25)(H,21,22,24). The molecule has 2 amide bonds. The maximum absolute atomic E-state index is 12.7. The zero-order chi connectivity index (χ0) is 19.2. The monoisotopic (exact) mass is 385 g/mol. The van der Waals surface area contributed by atoms with E-state index in [1.54, 1.807) is 17.9 Å². The van der Waals surface area contributed by atoms with Gasteiger partial charge in [0, 0.05) is 18.0 Å². The van der Waals surface area contributed by atoms with E-state index in [9.17, 15) is 9.59 Å². The molecule has 2 unspecified atom stereocenters. The fraction of sp³-hybridized carbons (Fsp3) is 0.278. The van der Waals surface area contributed by atoms with Crippen LogP contribution in [-0.2, 0) is 9.59 Å². The van der Waals surface area contributed by atoms with Crippen LogP contribution in [0.2, 0.25) is 0 Å². The summed E-state index contributed by atoms with van der Waals surface area (Å²) in [5, 5.41) is 11.3. The molecule has 2 aromatic rings. The van der Waals surface area contributed by atoms with E-state index in [4.69, 9.17) is 5.21 Å². The van der Waals surface area contributed by atoms with Gasteiger partial charge in [-0.15, -0.1) is 0 Å². The Kier molecular flexibility index (Phi) is 6.15. The number of amides is 2. The minimum atomic E-state index is -0.530. The van der Waals surface area contributed by atoms with Gasteiger partial charge in [-0.3, -0.25) is 19.8 Å². The van der Waals surface area contributed by atoms with Crippen molar-refractivity contribution in [3.8, 4) is 11.1 Å². The molecule has 0 bridgehead atoms. The van der Waals surface area contributed by atoms with Crippen LogP contribution in [0.3, 0.4) is 0 Å². The third-order valence-corrected chi connectivity index (χ3v) is 5.32. The molecule has 140 valence electrons. The number of aliphatic imine (C=N–C) groups is 1. The minimum absolute atomic E-state index is 0.176. The van der Waals surface area contributed by atoms with Crippen molar-refractivity contribution < 1.29 is 14.8 Å². The van der Waals surface area contributed by atoms with Crippen molar-refractivity contribution in [3.63, 3.8) is 0 Å². The topological polar surface area (TPSA) is 117 Å². The number of carbonyl (C=O) groups is 2. The molecule has 8 nitrogen and oxygen atoms in total. The Balaban J connectivity index is 1.66. The average Bonchev–Trinajstić information content (AvgIpc) is 3.17. The first-order valence-electron chi connectivity index (χ1n) is 8.43. The van der Waals surface area contributed by atoms with Crippen LogP contribution in [0.1, 0.15) is 24.8 Å². The summed E-state index contributed by atoms with van der Waals surface area (Å²) in [5.41, 5.74) is 4.38. The molecule has 2 heterocycles. The molecule has 0 radical (unpaired) electrons. The molecular weight excluding hydrogens is 366 g/mol. The number of hydroxylamine groups is 1. The van der Waals surface area contributed by atoms with Crippen LogP contribution < -0.4 is 10.8 Å². The molecule has 1 aliphatic heterocycles. The van der Waals surface area contributed by atoms with Crippen molar-refractivity contribution in [2.45, 2.75) is 24.5 Å². The molecule has 2 atom stereocenters. The number of hydrogen-bond acceptors (Lipinski definition) is 7. The van der Waals surface area contributed by atoms with Gasteiger partial charge in [-0.1, -0.05) is 43.0 Å². The van der Waals surface area contributed by atoms with E-state index in [1.165, 1.54) is 6.33 Å². The molecule has 3 N–H and O–H groups in total. The van der Waals surface area contributed by atoms with Gasteiger partial charge in [0.25, 0.3) is 5.91 Å². The van der Waals surface area contributed by atoms with E-state index in [0.717, 1.165) is 28.5 Å². The number of thioether (sulfide) groups is 1. The van der Waals surface area contributed by atoms with Crippen LogP contribution >= 0.6 is 11.8 Å². The maximum Gasteiger partial charge on any atom is 0.258 e. The lowest BCUT2D eigenvalue weighted by molar-refractivity contribution is -0.128. The number of amidine groups is 1. The predicted molar refractivity (Wildman–Crippen MR) is 102 cm³/mol. The largest absolute Gasteiger partial charge is 0.305 e. The van der Waals surface area contributed by atoms with Crippen LogP contribution in [0.4, 0.5) is 0 Å². The first-order valence-corrected chi connectivity index (χ1v) is 9.31. The van der Waals surface area contributed by atoms with Crippen LogP contribution in [0, 0.1) is 0 Å². The SMILES string of the molecule is CCC(C(=O)NC1=NCC(C(=O)NO)S1)c1ccc(-c2cncnc2)cc1. The highest BCUT2D eigenvalue weighted by Gasteiger charge is 2.29. The third kappa shape index (κ3) is 4.50. The fourth-order valence-corrected chi connectivity index (χ4v) is 3.66. The van der Waals surface area contributed by atoms with Crippen LogP contribution in [0.5, 0.6) is 0 Å². The van der Waals surface area contributed by atoms with Crippen molar-refractivity contribution in [1.29, 1.82) is 0 Å². The van der Waals surface area contributed by atoms with E-state index in [0.29, 0.717) is 11.6 Å². The molecule has 27 heavy (non-hydrogen) atoms. The zero-order valence-corrected chi connectivity index (χ0v) is 15.4. The van der Waals surface area contributed by atoms with Gasteiger partial charge in [-0.25, -0.2) is 15.4 Å². The van der Waals surface area contributed by atoms with Crippen molar-refractivity contribution in [3.05, 3.63) is 48.5 Å². The molecule has 1 aromatic heterocycles. The maximum atomic E-state index is 12.7. The van der Waals surface area contributed by atoms with E-state index in [1.807, 2.05) is 31.2 Å². The summed E-state index contributed by atoms with van der Waals surface area (Å²) < 4.78 is 0. The quantitative estimate of drug-likeness (QED) is 0.533. The normalized spacial score (nSPS) is 17.1. The van der Waals surface area contributed by atoms with Gasteiger partial charge in [0.1, 0.15) is 11.6 Å². The number of aromatic nitrogens is 2. The van der Waals surface area contributed by atoms with E-state index in [-0.39, 0.29) is 18.4 Å². The molecule has 1 aromatic carbocycles. The molecule has 1 aliphatic rings. The van der Waals surface area contributed by atoms with Crippen LogP contribution in [-0.4, -0.2) is 44.0 Å². The van der Waals surface area contributed by atoms with E-state index in [2.05, 4.69) is 20.3 Å². The molecule has 9 heteroatoms. The highest BCUT2D eigenvalue weighted by Crippen LogP contribution is 2.25. The van der Waals surface area contributed by atoms with E-state index >= 15 is 0 Å². The van der Waals surface area contributed by atoms with Gasteiger partial charge in [0.2, 0.25) is 5.91 Å². The van der Waals surface area contributed by atoms with Crippen LogP contribution in [0.25, 0.3) is 11.1 Å². The summed E-state index contributed by atoms with van der Waals surface area (Å²) in [4.78, 5) is 36.3. The zero-order valence-electron chi connectivity index (χ0n) is 14.6. The summed E-state index contributed by atoms with van der Waals surface area (Å²) in [5.74, 6) is -1.04. The molecule has 0 fully saturated rings. The van der Waals surface area contributed by atoms with Crippen molar-refractivity contribution >= 4 is 28.7 Å². The number of hydrogen-bond donors (Lipinski definition) is 3. The lowest BCUT2D eigenvalue weighted by Crippen LogP contribution is -2.34. The Hall–Kier alpha value is -2.78. The van der Waals surface area contributed by atoms with Crippen LogP contribution in [0.15, 0.2) is 48.0 Å². The number of nitrogens with zero attached hydrogens (tertiary/aromatic N) is 3. The number of rotatable bonds is 5. The van der Waals surface area contributed by atoms with Crippen molar-refractivity contribution in [2.24, 2.45) is 4.99 Å². The summed E-state index contributed by atoms with van der Waals surface area (Å²) >= 11 is 1.13. The van der Waals surface area contributed by atoms with Gasteiger partial charge in [0.15, 0.2) is 5.17 Å². The summed E-state index contributed by atoms with van der Waals surface area (Å²) in [7, 11) is 0. The lowest BCUT2D eigenvalue weighted by atomic mass is 9.94. The lowest BCUT2D eigenvalue weighted by Gasteiger charge is -2.16. The van der Waals surface area contributed by atoms with Gasteiger partial charge in [-0.05, 0) is 17.5 Å². The van der Waals surface area contributed by atoms with Gasteiger partial charge in [-0.2, -0.15) is 0 Å². The average molecular weight is 385 g/mol. The Morgan fingerprint density at radius 2 is 1.93 bits per heavy atom. The first-order chi connectivity index (χ1) is 13.1. The second-order valence-corrected chi connectivity index (χ2v) is 7.12. The second kappa shape index (κ2) is 8.74. The van der Waals surface area contributed by atoms with Crippen molar-refractivity contribution in [2.75, 3.05) is 6.54 Å². The van der Waals surface area contributed by atoms with Gasteiger partial charge in [0.05, 0.1) is 12.5 Å². The van der Waals surface area contributed by atoms with Crippen molar-refractivity contribution in [1.82, 2.24) is 20.8 Å². The fourth-order valence-electron chi connectivity index (χ4n) is 2.77. The summed E-state index contributed by atoms with van der Waals surface area (Å²) in [6.45, 7) is 2.16. The third-order valence-electron chi connectivity index (χ3n) is 4.22. The molecule has 0 saturated carbocycles. The predicted octanol–water partition coefficient (Wildman–Crippen LogP) is 1.73. The molecule has 0 saturated heterocycles. The van der Waals surface area contributed by atoms with Gasteiger partial charge >= 0.3 is 0 Å². The Morgan fingerprint density at radius 3 is 2.56 bits per heavy atom. The van der Waals surface area contributed by atoms with Gasteiger partial charge < -0.3 is 5.32 Å². The Bertz CT molecular complexity index is 842. The molecule has 3 rings (SSSR count). The number of benzene rings is 1. The number of carbonyl (C=O) groups excluding carboxylic acids is 2. The summed E-state index contributed by atoms with van der Waals surface area (Å²) in [6, 6.07) is 7.71. The second-order valence-electron chi connectivity index (χ2n) is 5.93. The molecule has 0 spiro atoms. The molecular formula is C18H19N5O3S. The minimum Gasteiger partial charge on any atom is -0.305 e. The molecule has 0 aliphatic carbocycles.